The van der Waals surface area contributed by atoms with Crippen LogP contribution in [0.3, 0.4) is 0 Å². The minimum absolute atomic E-state index is 0.300. The van der Waals surface area contributed by atoms with Crippen LogP contribution in [0.15, 0.2) is 40.9 Å². The number of rotatable bonds is 4. The zero-order valence-electron chi connectivity index (χ0n) is 15.6. The molecule has 4 rings (SSSR count). The number of likely N-dealkylation sites (tertiary alicyclic amines) is 1. The molecule has 3 heterocycles. The maximum atomic E-state index is 5.71. The lowest BCUT2D eigenvalue weighted by molar-refractivity contribution is 0.118. The number of piperidine rings is 1. The molecule has 2 atom stereocenters. The number of benzene rings is 1. The van der Waals surface area contributed by atoms with Gasteiger partial charge in [-0.2, -0.15) is 5.10 Å². The summed E-state index contributed by atoms with van der Waals surface area (Å²) in [5.41, 5.74) is 3.44. The van der Waals surface area contributed by atoms with Crippen LogP contribution >= 0.6 is 0 Å². The van der Waals surface area contributed by atoms with Gasteiger partial charge in [-0.05, 0) is 45.4 Å². The number of aromatic nitrogens is 4. The summed E-state index contributed by atoms with van der Waals surface area (Å²) < 4.78 is 7.68. The number of para-hydroxylation sites is 1. The van der Waals surface area contributed by atoms with Gasteiger partial charge in [-0.1, -0.05) is 18.2 Å². The molecule has 136 valence electrons. The predicted octanol–water partition coefficient (Wildman–Crippen LogP) is 3.64. The van der Waals surface area contributed by atoms with Crippen LogP contribution in [0.4, 0.5) is 0 Å². The molecule has 3 aromatic rings. The Hall–Kier alpha value is -2.47. The minimum atomic E-state index is 0.300. The molecular weight excluding hydrogens is 326 g/mol. The predicted molar refractivity (Wildman–Crippen MR) is 99.2 cm³/mol. The zero-order chi connectivity index (χ0) is 18.1. The summed E-state index contributed by atoms with van der Waals surface area (Å²) in [4.78, 5) is 2.51. The van der Waals surface area contributed by atoms with Gasteiger partial charge >= 0.3 is 0 Å². The van der Waals surface area contributed by atoms with Crippen molar-refractivity contribution < 1.29 is 4.42 Å². The highest BCUT2D eigenvalue weighted by molar-refractivity contribution is 5.32. The van der Waals surface area contributed by atoms with Gasteiger partial charge < -0.3 is 4.42 Å². The van der Waals surface area contributed by atoms with Gasteiger partial charge in [0.1, 0.15) is 0 Å². The molecule has 0 aliphatic carbocycles. The van der Waals surface area contributed by atoms with Crippen LogP contribution in [0.1, 0.15) is 48.7 Å². The summed E-state index contributed by atoms with van der Waals surface area (Å²) in [6, 6.07) is 10.6. The Kier molecular flexibility index (Phi) is 4.59. The lowest BCUT2D eigenvalue weighted by atomic mass is 9.90. The number of hydrogen-bond acceptors (Lipinski definition) is 5. The Morgan fingerprint density at radius 3 is 2.69 bits per heavy atom. The van der Waals surface area contributed by atoms with Gasteiger partial charge in [0.15, 0.2) is 0 Å². The second-order valence-electron chi connectivity index (χ2n) is 7.14. The fraction of sp³-hybridized carbons (Fsp3) is 0.450. The van der Waals surface area contributed by atoms with Crippen molar-refractivity contribution in [2.75, 3.05) is 6.54 Å². The SMILES string of the molecule is Cc1nnc([C@H]2CCCN(Cc3cn(-c4ccccc4)nc3C)[C@H]2C)o1. The zero-order valence-corrected chi connectivity index (χ0v) is 15.6. The van der Waals surface area contributed by atoms with Gasteiger partial charge in [0, 0.05) is 31.3 Å². The highest BCUT2D eigenvalue weighted by atomic mass is 16.4. The van der Waals surface area contributed by atoms with Crippen LogP contribution in [0.25, 0.3) is 5.69 Å². The Labute approximate surface area is 153 Å². The van der Waals surface area contributed by atoms with E-state index in [1.165, 1.54) is 5.56 Å². The van der Waals surface area contributed by atoms with Crippen molar-refractivity contribution in [3.8, 4) is 5.69 Å². The summed E-state index contributed by atoms with van der Waals surface area (Å²) in [6.07, 6.45) is 4.39. The van der Waals surface area contributed by atoms with Gasteiger partial charge in [0.2, 0.25) is 11.8 Å². The molecule has 1 saturated heterocycles. The smallest absolute Gasteiger partial charge is 0.221 e. The summed E-state index contributed by atoms with van der Waals surface area (Å²) in [7, 11) is 0. The first-order chi connectivity index (χ1) is 12.6. The van der Waals surface area contributed by atoms with Crippen LogP contribution in [0.2, 0.25) is 0 Å². The van der Waals surface area contributed by atoms with E-state index in [0.717, 1.165) is 43.2 Å². The van der Waals surface area contributed by atoms with Crippen LogP contribution < -0.4 is 0 Å². The van der Waals surface area contributed by atoms with Crippen molar-refractivity contribution in [2.45, 2.75) is 52.1 Å². The normalized spacial score (nSPS) is 21.2. The van der Waals surface area contributed by atoms with Crippen molar-refractivity contribution in [1.29, 1.82) is 0 Å². The maximum Gasteiger partial charge on any atom is 0.221 e. The number of aryl methyl sites for hydroxylation is 2. The van der Waals surface area contributed by atoms with Gasteiger partial charge in [-0.15, -0.1) is 10.2 Å². The molecular formula is C20H25N5O. The van der Waals surface area contributed by atoms with E-state index in [1.54, 1.807) is 0 Å². The Morgan fingerprint density at radius 2 is 1.96 bits per heavy atom. The molecule has 1 aliphatic rings. The van der Waals surface area contributed by atoms with E-state index in [9.17, 15) is 0 Å². The van der Waals surface area contributed by atoms with E-state index in [-0.39, 0.29) is 0 Å². The third-order valence-electron chi connectivity index (χ3n) is 5.37. The van der Waals surface area contributed by atoms with E-state index in [4.69, 9.17) is 9.52 Å². The molecule has 0 unspecified atom stereocenters. The van der Waals surface area contributed by atoms with Crippen LogP contribution in [-0.2, 0) is 6.54 Å². The van der Waals surface area contributed by atoms with Crippen molar-refractivity contribution >= 4 is 0 Å². The van der Waals surface area contributed by atoms with Crippen molar-refractivity contribution in [3.05, 3.63) is 59.6 Å². The lowest BCUT2D eigenvalue weighted by Crippen LogP contribution is -2.41. The second kappa shape index (κ2) is 7.03. The van der Waals surface area contributed by atoms with Crippen molar-refractivity contribution in [2.24, 2.45) is 0 Å². The van der Waals surface area contributed by atoms with E-state index in [2.05, 4.69) is 47.3 Å². The monoisotopic (exact) mass is 351 g/mol. The fourth-order valence-electron chi connectivity index (χ4n) is 3.81. The van der Waals surface area contributed by atoms with Crippen LogP contribution in [0.5, 0.6) is 0 Å². The third kappa shape index (κ3) is 3.29. The third-order valence-corrected chi connectivity index (χ3v) is 5.37. The average molecular weight is 351 g/mol. The van der Waals surface area contributed by atoms with Gasteiger partial charge in [-0.3, -0.25) is 4.90 Å². The van der Waals surface area contributed by atoms with E-state index in [0.29, 0.717) is 17.9 Å². The maximum absolute atomic E-state index is 5.71. The lowest BCUT2D eigenvalue weighted by Gasteiger charge is -2.37. The molecule has 1 aliphatic heterocycles. The second-order valence-corrected chi connectivity index (χ2v) is 7.14. The first-order valence-electron chi connectivity index (χ1n) is 9.26. The molecule has 0 bridgehead atoms. The van der Waals surface area contributed by atoms with E-state index < -0.39 is 0 Å². The summed E-state index contributed by atoms with van der Waals surface area (Å²) in [5.74, 6) is 1.72. The van der Waals surface area contributed by atoms with Gasteiger partial charge in [0.05, 0.1) is 17.3 Å². The van der Waals surface area contributed by atoms with Crippen LogP contribution in [0, 0.1) is 13.8 Å². The van der Waals surface area contributed by atoms with Crippen molar-refractivity contribution in [3.63, 3.8) is 0 Å². The molecule has 0 amide bonds. The van der Waals surface area contributed by atoms with Gasteiger partial charge in [0.25, 0.3) is 0 Å². The molecule has 0 saturated carbocycles. The topological polar surface area (TPSA) is 60.0 Å². The highest BCUT2D eigenvalue weighted by Gasteiger charge is 2.33. The standard InChI is InChI=1S/C20H25N5O/c1-14-17(13-25(23-14)18-8-5-4-6-9-18)12-24-11-7-10-19(15(24)2)20-22-21-16(3)26-20/h4-6,8-9,13,15,19H,7,10-12H2,1-3H3/t15-,19-/m0/s1. The first kappa shape index (κ1) is 17.0. The number of nitrogens with zero attached hydrogens (tertiary/aromatic N) is 5. The first-order valence-corrected chi connectivity index (χ1v) is 9.26. The number of hydrogen-bond donors (Lipinski definition) is 0. The van der Waals surface area contributed by atoms with Crippen molar-refractivity contribution in [1.82, 2.24) is 24.9 Å². The molecule has 1 aromatic carbocycles. The summed E-state index contributed by atoms with van der Waals surface area (Å²) in [6.45, 7) is 8.18. The fourth-order valence-corrected chi connectivity index (χ4v) is 3.81. The molecule has 0 radical (unpaired) electrons. The Morgan fingerprint density at radius 1 is 1.15 bits per heavy atom. The summed E-state index contributed by atoms with van der Waals surface area (Å²) in [5, 5.41) is 13.0. The molecule has 0 N–H and O–H groups in total. The Balaban J connectivity index is 1.52. The minimum Gasteiger partial charge on any atom is -0.425 e. The van der Waals surface area contributed by atoms with Crippen LogP contribution in [-0.4, -0.2) is 37.5 Å². The molecule has 2 aromatic heterocycles. The molecule has 1 fully saturated rings. The quantitative estimate of drug-likeness (QED) is 0.718. The Bertz CT molecular complexity index is 869. The molecule has 6 nitrogen and oxygen atoms in total. The summed E-state index contributed by atoms with van der Waals surface area (Å²) >= 11 is 0. The average Bonchev–Trinajstić information content (AvgIpc) is 3.24. The molecule has 26 heavy (non-hydrogen) atoms. The highest BCUT2D eigenvalue weighted by Crippen LogP contribution is 2.32. The van der Waals surface area contributed by atoms with E-state index in [1.807, 2.05) is 29.8 Å². The molecule has 0 spiro atoms. The van der Waals surface area contributed by atoms with Gasteiger partial charge in [-0.25, -0.2) is 4.68 Å². The van der Waals surface area contributed by atoms with E-state index >= 15 is 0 Å². The molecule has 6 heteroatoms. The largest absolute Gasteiger partial charge is 0.425 e.